The summed E-state index contributed by atoms with van der Waals surface area (Å²) in [5.41, 5.74) is 1.18. The summed E-state index contributed by atoms with van der Waals surface area (Å²) in [6, 6.07) is 7.75. The minimum absolute atomic E-state index is 0.00187. The van der Waals surface area contributed by atoms with Gasteiger partial charge in [-0.05, 0) is 36.8 Å². The van der Waals surface area contributed by atoms with Crippen LogP contribution in [-0.2, 0) is 11.3 Å². The minimum Gasteiger partial charge on any atom is -0.296 e. The highest BCUT2D eigenvalue weighted by Gasteiger charge is 2.38. The van der Waals surface area contributed by atoms with Crippen LogP contribution in [0.3, 0.4) is 0 Å². The summed E-state index contributed by atoms with van der Waals surface area (Å²) in [7, 11) is 0. The van der Waals surface area contributed by atoms with Crippen molar-refractivity contribution in [2.75, 3.05) is 4.90 Å². The van der Waals surface area contributed by atoms with Crippen LogP contribution in [0.15, 0.2) is 30.3 Å². The number of rotatable bonds is 2. The number of hydrogen-bond donors (Lipinski definition) is 0. The van der Waals surface area contributed by atoms with Crippen molar-refractivity contribution in [3.8, 4) is 0 Å². The van der Waals surface area contributed by atoms with Gasteiger partial charge in [0.15, 0.2) is 0 Å². The third kappa shape index (κ3) is 2.29. The van der Waals surface area contributed by atoms with Gasteiger partial charge in [-0.1, -0.05) is 17.7 Å². The number of aryl methyl sites for hydroxylation is 1. The van der Waals surface area contributed by atoms with Crippen molar-refractivity contribution >= 4 is 29.0 Å². The molecule has 1 amide bonds. The number of benzene rings is 1. The molecule has 0 bridgehead atoms. The summed E-state index contributed by atoms with van der Waals surface area (Å²) in [4.78, 5) is 29.2. The van der Waals surface area contributed by atoms with Crippen LogP contribution in [0.1, 0.15) is 21.6 Å². The lowest BCUT2D eigenvalue weighted by Crippen LogP contribution is -2.30. The molecular weight excluding hydrogens is 295 g/mol. The van der Waals surface area contributed by atoms with E-state index >= 15 is 0 Å². The van der Waals surface area contributed by atoms with Gasteiger partial charge in [0.1, 0.15) is 11.0 Å². The quantitative estimate of drug-likeness (QED) is 0.633. The van der Waals surface area contributed by atoms with Gasteiger partial charge in [-0.25, -0.2) is 9.37 Å². The topological polar surface area (TPSA) is 50.3 Å². The van der Waals surface area contributed by atoms with E-state index in [1.165, 1.54) is 12.1 Å². The molecule has 0 unspecified atom stereocenters. The summed E-state index contributed by atoms with van der Waals surface area (Å²) in [5, 5.41) is 0.273. The van der Waals surface area contributed by atoms with Crippen LogP contribution in [-0.4, -0.2) is 16.7 Å². The third-order valence-corrected chi connectivity index (χ3v) is 3.47. The molecule has 21 heavy (non-hydrogen) atoms. The van der Waals surface area contributed by atoms with E-state index < -0.39 is 17.5 Å². The molecule has 6 heteroatoms. The molecule has 2 aromatic rings. The largest absolute Gasteiger partial charge is 0.299 e. The molecule has 1 aromatic heterocycles. The van der Waals surface area contributed by atoms with Crippen molar-refractivity contribution in [2.45, 2.75) is 13.5 Å². The van der Waals surface area contributed by atoms with Gasteiger partial charge in [-0.3, -0.25) is 14.5 Å². The monoisotopic (exact) mass is 304 g/mol. The first-order valence-electron chi connectivity index (χ1n) is 6.25. The van der Waals surface area contributed by atoms with Crippen LogP contribution in [0.2, 0.25) is 5.15 Å². The van der Waals surface area contributed by atoms with Crippen molar-refractivity contribution in [1.82, 2.24) is 4.98 Å². The summed E-state index contributed by atoms with van der Waals surface area (Å²) >= 11 is 5.79. The Morgan fingerprint density at radius 2 is 2.05 bits per heavy atom. The Hall–Kier alpha value is -2.27. The Labute approximate surface area is 125 Å². The molecular formula is C15H10ClFN2O2. The lowest BCUT2D eigenvalue weighted by Gasteiger charge is -2.16. The maximum Gasteiger partial charge on any atom is 0.299 e. The Kier molecular flexibility index (Phi) is 3.22. The number of hydrogen-bond acceptors (Lipinski definition) is 3. The second-order valence-electron chi connectivity index (χ2n) is 4.81. The first-order valence-corrected chi connectivity index (χ1v) is 6.63. The molecule has 0 radical (unpaired) electrons. The summed E-state index contributed by atoms with van der Waals surface area (Å²) in [5.74, 6) is -2.04. The number of amides is 1. The molecule has 3 rings (SSSR count). The molecule has 1 aliphatic heterocycles. The van der Waals surface area contributed by atoms with Gasteiger partial charge in [-0.2, -0.15) is 0 Å². The van der Waals surface area contributed by atoms with E-state index in [1.807, 2.05) is 0 Å². The average molecular weight is 305 g/mol. The molecule has 0 spiro atoms. The second-order valence-corrected chi connectivity index (χ2v) is 5.20. The number of carbonyl (C=O) groups excluding carboxylic acids is 2. The van der Waals surface area contributed by atoms with Gasteiger partial charge in [0.25, 0.3) is 11.7 Å². The second kappa shape index (κ2) is 4.93. The minimum atomic E-state index is -0.753. The molecule has 1 aromatic carbocycles. The molecule has 0 saturated heterocycles. The molecule has 0 fully saturated rings. The van der Waals surface area contributed by atoms with Crippen molar-refractivity contribution in [3.63, 3.8) is 0 Å². The van der Waals surface area contributed by atoms with E-state index in [9.17, 15) is 14.0 Å². The highest BCUT2D eigenvalue weighted by atomic mass is 35.5. The molecule has 106 valence electrons. The number of aromatic nitrogens is 1. The van der Waals surface area contributed by atoms with Crippen LogP contribution in [0, 0.1) is 12.7 Å². The standard InChI is InChI=1S/C15H10ClFN2O2/c1-8-5-10-13(11(17)6-8)19(15(21)14(10)20)7-9-3-2-4-12(16)18-9/h2-6H,7H2,1H3. The number of anilines is 1. The smallest absolute Gasteiger partial charge is 0.296 e. The van der Waals surface area contributed by atoms with Crippen LogP contribution in [0.5, 0.6) is 0 Å². The van der Waals surface area contributed by atoms with Crippen LogP contribution >= 0.6 is 11.6 Å². The molecule has 0 atom stereocenters. The van der Waals surface area contributed by atoms with Gasteiger partial charge in [0.2, 0.25) is 0 Å². The van der Waals surface area contributed by atoms with E-state index in [0.717, 1.165) is 4.90 Å². The maximum atomic E-state index is 14.1. The van der Waals surface area contributed by atoms with Gasteiger partial charge in [0.05, 0.1) is 23.5 Å². The zero-order valence-electron chi connectivity index (χ0n) is 11.1. The van der Waals surface area contributed by atoms with E-state index in [-0.39, 0.29) is 22.9 Å². The number of pyridine rings is 1. The Bertz CT molecular complexity index is 776. The number of nitrogens with zero attached hydrogens (tertiary/aromatic N) is 2. The average Bonchev–Trinajstić information content (AvgIpc) is 2.64. The lowest BCUT2D eigenvalue weighted by molar-refractivity contribution is -0.114. The first-order chi connectivity index (χ1) is 9.97. The summed E-state index contributed by atoms with van der Waals surface area (Å²) < 4.78 is 14.1. The Balaban J connectivity index is 2.05. The zero-order chi connectivity index (χ0) is 15.1. The number of fused-ring (bicyclic) bond motifs is 1. The Morgan fingerprint density at radius 1 is 1.29 bits per heavy atom. The van der Waals surface area contributed by atoms with E-state index in [1.54, 1.807) is 25.1 Å². The fourth-order valence-corrected chi connectivity index (χ4v) is 2.55. The number of halogens is 2. The predicted molar refractivity (Wildman–Crippen MR) is 75.9 cm³/mol. The fourth-order valence-electron chi connectivity index (χ4n) is 2.37. The summed E-state index contributed by atoms with van der Waals surface area (Å²) in [6.07, 6.45) is 0. The van der Waals surface area contributed by atoms with Gasteiger partial charge >= 0.3 is 0 Å². The van der Waals surface area contributed by atoms with Crippen LogP contribution in [0.25, 0.3) is 0 Å². The highest BCUT2D eigenvalue weighted by Crippen LogP contribution is 2.33. The van der Waals surface area contributed by atoms with Gasteiger partial charge < -0.3 is 0 Å². The summed E-state index contributed by atoms with van der Waals surface area (Å²) in [6.45, 7) is 1.67. The van der Waals surface area contributed by atoms with Crippen molar-refractivity contribution < 1.29 is 14.0 Å². The number of Topliss-reactive ketones (excluding diaryl/α,β-unsaturated/α-hetero) is 1. The number of carbonyl (C=O) groups is 2. The maximum absolute atomic E-state index is 14.1. The van der Waals surface area contributed by atoms with Crippen LogP contribution in [0.4, 0.5) is 10.1 Å². The zero-order valence-corrected chi connectivity index (χ0v) is 11.8. The van der Waals surface area contributed by atoms with E-state index in [0.29, 0.717) is 11.3 Å². The highest BCUT2D eigenvalue weighted by molar-refractivity contribution is 6.52. The van der Waals surface area contributed by atoms with Gasteiger partial charge in [0, 0.05) is 0 Å². The van der Waals surface area contributed by atoms with Crippen molar-refractivity contribution in [3.05, 3.63) is 58.1 Å². The lowest BCUT2D eigenvalue weighted by atomic mass is 10.1. The molecule has 0 N–H and O–H groups in total. The van der Waals surface area contributed by atoms with Crippen LogP contribution < -0.4 is 4.90 Å². The van der Waals surface area contributed by atoms with Gasteiger partial charge in [-0.15, -0.1) is 0 Å². The molecule has 2 heterocycles. The van der Waals surface area contributed by atoms with Crippen molar-refractivity contribution in [1.29, 1.82) is 0 Å². The first kappa shape index (κ1) is 13.7. The molecule has 0 saturated carbocycles. The Morgan fingerprint density at radius 3 is 2.76 bits per heavy atom. The van der Waals surface area contributed by atoms with E-state index in [2.05, 4.69) is 4.98 Å². The molecule has 4 nitrogen and oxygen atoms in total. The predicted octanol–water partition coefficient (Wildman–Crippen LogP) is 2.91. The molecule has 0 aliphatic carbocycles. The third-order valence-electron chi connectivity index (χ3n) is 3.25. The SMILES string of the molecule is Cc1cc(F)c2c(c1)C(=O)C(=O)N2Cc1cccc(Cl)n1. The normalized spacial score (nSPS) is 13.8. The molecule has 1 aliphatic rings. The number of ketones is 1. The van der Waals surface area contributed by atoms with Crippen molar-refractivity contribution in [2.24, 2.45) is 0 Å². The fraction of sp³-hybridized carbons (Fsp3) is 0.133. The van der Waals surface area contributed by atoms with E-state index in [4.69, 9.17) is 11.6 Å².